The number of rotatable bonds is 1. The fraction of sp³-hybridized carbons (Fsp3) is 0.0667. The van der Waals surface area contributed by atoms with Gasteiger partial charge in [-0.05, 0) is 17.7 Å². The molecule has 0 saturated carbocycles. The Hall–Kier alpha value is -2.02. The molecule has 2 heterocycles. The van der Waals surface area contributed by atoms with Crippen molar-refractivity contribution in [3.05, 3.63) is 78.2 Å². The second-order valence-corrected chi connectivity index (χ2v) is 3.92. The van der Waals surface area contributed by atoms with Gasteiger partial charge in [-0.2, -0.15) is 0 Å². The van der Waals surface area contributed by atoms with E-state index in [-0.39, 0.29) is 0 Å². The minimum Gasteiger partial charge on any atom is -0.344 e. The number of hydrogen-bond donors (Lipinski definition) is 0. The highest BCUT2D eigenvalue weighted by Crippen LogP contribution is 2.28. The summed E-state index contributed by atoms with van der Waals surface area (Å²) in [5.41, 5.74) is 3.86. The molecule has 3 rings (SSSR count). The fourth-order valence-electron chi connectivity index (χ4n) is 2.11. The van der Waals surface area contributed by atoms with Crippen molar-refractivity contribution in [2.24, 2.45) is 0 Å². The lowest BCUT2D eigenvalue weighted by atomic mass is 9.99. The van der Waals surface area contributed by atoms with Crippen LogP contribution < -0.4 is 0 Å². The maximum absolute atomic E-state index is 2.27. The number of allylic oxidation sites excluding steroid dienone is 5. The first-order chi connectivity index (χ1) is 7.95. The molecule has 78 valence electrons. The van der Waals surface area contributed by atoms with Gasteiger partial charge in [-0.1, -0.05) is 48.6 Å². The van der Waals surface area contributed by atoms with E-state index >= 15 is 0 Å². The highest BCUT2D eigenvalue weighted by atomic mass is 15.1. The third-order valence-corrected chi connectivity index (χ3v) is 2.89. The van der Waals surface area contributed by atoms with Crippen molar-refractivity contribution in [3.63, 3.8) is 0 Å². The number of nitrogens with zero attached hydrogens (tertiary/aromatic N) is 1. The monoisotopic (exact) mass is 207 g/mol. The van der Waals surface area contributed by atoms with Gasteiger partial charge in [-0.3, -0.25) is 0 Å². The molecule has 0 fully saturated rings. The molecular formula is C15H13N. The fourth-order valence-corrected chi connectivity index (χ4v) is 2.11. The summed E-state index contributed by atoms with van der Waals surface area (Å²) < 4.78 is 0. The minimum atomic E-state index is 0.965. The summed E-state index contributed by atoms with van der Waals surface area (Å²) in [4.78, 5) is 2.27. The highest BCUT2D eigenvalue weighted by molar-refractivity contribution is 5.79. The quantitative estimate of drug-likeness (QED) is 0.682. The van der Waals surface area contributed by atoms with E-state index in [0.717, 1.165) is 6.54 Å². The normalized spacial score (nSPS) is 17.9. The van der Waals surface area contributed by atoms with Gasteiger partial charge in [0.2, 0.25) is 0 Å². The van der Waals surface area contributed by atoms with E-state index in [1.54, 1.807) is 0 Å². The molecule has 16 heavy (non-hydrogen) atoms. The molecule has 1 nitrogen and oxygen atoms in total. The predicted molar refractivity (Wildman–Crippen MR) is 67.5 cm³/mol. The van der Waals surface area contributed by atoms with Gasteiger partial charge in [0, 0.05) is 24.0 Å². The summed E-state index contributed by atoms with van der Waals surface area (Å²) in [6.45, 7) is 0.965. The second-order valence-electron chi connectivity index (χ2n) is 3.92. The maximum atomic E-state index is 2.27. The van der Waals surface area contributed by atoms with Crippen molar-refractivity contribution in [2.75, 3.05) is 6.54 Å². The van der Waals surface area contributed by atoms with Crippen LogP contribution in [0.1, 0.15) is 5.56 Å². The van der Waals surface area contributed by atoms with E-state index in [1.807, 2.05) is 0 Å². The van der Waals surface area contributed by atoms with E-state index in [4.69, 9.17) is 0 Å². The molecule has 0 N–H and O–H groups in total. The zero-order chi connectivity index (χ0) is 10.8. The highest BCUT2D eigenvalue weighted by Gasteiger charge is 2.14. The van der Waals surface area contributed by atoms with Crippen LogP contribution in [0.25, 0.3) is 5.57 Å². The summed E-state index contributed by atoms with van der Waals surface area (Å²) in [6, 6.07) is 10.5. The number of hydrogen-bond acceptors (Lipinski definition) is 1. The first kappa shape index (κ1) is 9.22. The Morgan fingerprint density at radius 3 is 2.69 bits per heavy atom. The summed E-state index contributed by atoms with van der Waals surface area (Å²) in [6.07, 6.45) is 12.9. The molecule has 0 atom stereocenters. The average molecular weight is 207 g/mol. The predicted octanol–water partition coefficient (Wildman–Crippen LogP) is 3.35. The summed E-state index contributed by atoms with van der Waals surface area (Å²) in [7, 11) is 0. The molecule has 0 aromatic heterocycles. The van der Waals surface area contributed by atoms with Gasteiger partial charge in [0.15, 0.2) is 0 Å². The van der Waals surface area contributed by atoms with Crippen LogP contribution in [0, 0.1) is 0 Å². The zero-order valence-electron chi connectivity index (χ0n) is 9.01. The van der Waals surface area contributed by atoms with Gasteiger partial charge >= 0.3 is 0 Å². The van der Waals surface area contributed by atoms with Crippen molar-refractivity contribution in [2.45, 2.75) is 0 Å². The molecule has 0 bridgehead atoms. The standard InChI is InChI=1S/C15H13N/c1-2-7-13(8-3-1)14-9-6-12-16-11-5-4-10-15(14)16/h1-11H,12H2. The van der Waals surface area contributed by atoms with Gasteiger partial charge in [0.25, 0.3) is 0 Å². The van der Waals surface area contributed by atoms with Crippen LogP contribution in [0.5, 0.6) is 0 Å². The topological polar surface area (TPSA) is 3.24 Å². The molecule has 2 aliphatic rings. The van der Waals surface area contributed by atoms with Gasteiger partial charge in [0.05, 0.1) is 0 Å². The van der Waals surface area contributed by atoms with Crippen LogP contribution in [0.2, 0.25) is 0 Å². The lowest BCUT2D eigenvalue weighted by molar-refractivity contribution is 0.527. The third kappa shape index (κ3) is 1.50. The van der Waals surface area contributed by atoms with Gasteiger partial charge in [-0.15, -0.1) is 0 Å². The largest absolute Gasteiger partial charge is 0.344 e. The Labute approximate surface area is 95.7 Å². The van der Waals surface area contributed by atoms with Crippen LogP contribution >= 0.6 is 0 Å². The van der Waals surface area contributed by atoms with Crippen LogP contribution in [0.15, 0.2) is 72.6 Å². The Morgan fingerprint density at radius 2 is 1.81 bits per heavy atom. The molecule has 1 heteroatoms. The Balaban J connectivity index is 2.12. The summed E-state index contributed by atoms with van der Waals surface area (Å²) >= 11 is 0. The lowest BCUT2D eigenvalue weighted by Gasteiger charge is -2.27. The van der Waals surface area contributed by atoms with E-state index in [9.17, 15) is 0 Å². The molecule has 0 saturated heterocycles. The smallest absolute Gasteiger partial charge is 0.0488 e. The van der Waals surface area contributed by atoms with Gasteiger partial charge < -0.3 is 4.90 Å². The van der Waals surface area contributed by atoms with Crippen LogP contribution in [0.3, 0.4) is 0 Å². The van der Waals surface area contributed by atoms with Crippen LogP contribution in [-0.2, 0) is 0 Å². The molecule has 1 aromatic rings. The van der Waals surface area contributed by atoms with Crippen LogP contribution in [-0.4, -0.2) is 11.4 Å². The van der Waals surface area contributed by atoms with Gasteiger partial charge in [0.1, 0.15) is 0 Å². The minimum absolute atomic E-state index is 0.965. The number of fused-ring (bicyclic) bond motifs is 1. The molecule has 1 aromatic carbocycles. The first-order valence-electron chi connectivity index (χ1n) is 5.53. The SMILES string of the molecule is C1=CC2=C(c3ccccc3)C=CCN2C=C1. The van der Waals surface area contributed by atoms with E-state index < -0.39 is 0 Å². The average Bonchev–Trinajstić information content (AvgIpc) is 2.39. The molecule has 0 unspecified atom stereocenters. The molecule has 0 amide bonds. The Morgan fingerprint density at radius 1 is 0.938 bits per heavy atom. The third-order valence-electron chi connectivity index (χ3n) is 2.89. The van der Waals surface area contributed by atoms with E-state index in [1.165, 1.54) is 16.8 Å². The molecular weight excluding hydrogens is 194 g/mol. The van der Waals surface area contributed by atoms with E-state index in [2.05, 4.69) is 71.8 Å². The molecule has 0 radical (unpaired) electrons. The van der Waals surface area contributed by atoms with Crippen molar-refractivity contribution in [1.29, 1.82) is 0 Å². The van der Waals surface area contributed by atoms with Crippen molar-refractivity contribution in [3.8, 4) is 0 Å². The molecule has 0 spiro atoms. The second kappa shape index (κ2) is 3.86. The maximum Gasteiger partial charge on any atom is 0.0488 e. The number of benzene rings is 1. The van der Waals surface area contributed by atoms with Gasteiger partial charge in [-0.25, -0.2) is 0 Å². The van der Waals surface area contributed by atoms with Crippen molar-refractivity contribution >= 4 is 5.57 Å². The van der Waals surface area contributed by atoms with Crippen LogP contribution in [0.4, 0.5) is 0 Å². The summed E-state index contributed by atoms with van der Waals surface area (Å²) in [5.74, 6) is 0. The summed E-state index contributed by atoms with van der Waals surface area (Å²) in [5, 5.41) is 0. The Kier molecular flexibility index (Phi) is 2.22. The van der Waals surface area contributed by atoms with Crippen molar-refractivity contribution in [1.82, 2.24) is 4.90 Å². The first-order valence-corrected chi connectivity index (χ1v) is 5.53. The van der Waals surface area contributed by atoms with E-state index in [0.29, 0.717) is 0 Å². The van der Waals surface area contributed by atoms with Crippen molar-refractivity contribution < 1.29 is 0 Å². The Bertz CT molecular complexity index is 503. The molecule has 2 aliphatic heterocycles. The molecule has 0 aliphatic carbocycles. The lowest BCUT2D eigenvalue weighted by Crippen LogP contribution is -2.20. The zero-order valence-corrected chi connectivity index (χ0v) is 9.01.